The predicted molar refractivity (Wildman–Crippen MR) is 131 cm³/mol. The highest BCUT2D eigenvalue weighted by Crippen LogP contribution is 2.25. The highest BCUT2D eigenvalue weighted by Gasteiger charge is 2.24. The summed E-state index contributed by atoms with van der Waals surface area (Å²) in [5.74, 6) is 0.838. The molecule has 1 rings (SSSR count). The van der Waals surface area contributed by atoms with Crippen LogP contribution in [-0.2, 0) is 10.3 Å². The van der Waals surface area contributed by atoms with E-state index in [1.807, 2.05) is 45.2 Å². The molecule has 2 unspecified atom stereocenters. The third-order valence-corrected chi connectivity index (χ3v) is 4.97. The molecule has 0 aliphatic heterocycles. The fourth-order valence-corrected chi connectivity index (χ4v) is 3.23. The van der Waals surface area contributed by atoms with Gasteiger partial charge in [-0.1, -0.05) is 13.0 Å². The van der Waals surface area contributed by atoms with E-state index in [4.69, 9.17) is 4.74 Å². The van der Waals surface area contributed by atoms with Crippen LogP contribution in [0, 0.1) is 5.92 Å². The summed E-state index contributed by atoms with van der Waals surface area (Å²) in [6, 6.07) is 3.83. The van der Waals surface area contributed by atoms with Gasteiger partial charge in [0.1, 0.15) is 11.2 Å². The Kier molecular flexibility index (Phi) is 12.1. The van der Waals surface area contributed by atoms with Gasteiger partial charge >= 0.3 is 6.09 Å². The maximum atomic E-state index is 12.1. The highest BCUT2D eigenvalue weighted by atomic mass is 127. The molecule has 0 bridgehead atoms. The zero-order valence-electron chi connectivity index (χ0n) is 18.6. The standard InChI is InChI=1S/C20H36N4O3S.HI/c1-8-21-17(23-14-20(6,26)16-10-9-11-28-16)22-12-15(2)13-24(7)18(25)27-19(3,4)5;/h9-11,15,26H,8,12-14H2,1-7H3,(H2,21,22,23);1H. The summed E-state index contributed by atoms with van der Waals surface area (Å²) in [6.07, 6.45) is -0.327. The lowest BCUT2D eigenvalue weighted by Gasteiger charge is -2.27. The Bertz CT molecular complexity index is 630. The van der Waals surface area contributed by atoms with Crippen LogP contribution in [0.4, 0.5) is 4.79 Å². The van der Waals surface area contributed by atoms with E-state index in [1.54, 1.807) is 18.9 Å². The van der Waals surface area contributed by atoms with Gasteiger partial charge in [0.15, 0.2) is 5.96 Å². The first kappa shape index (κ1) is 27.9. The number of aliphatic hydroxyl groups is 1. The quantitative estimate of drug-likeness (QED) is 0.267. The molecular weight excluding hydrogens is 503 g/mol. The molecule has 2 atom stereocenters. The number of rotatable bonds is 8. The second-order valence-corrected chi connectivity index (χ2v) is 9.24. The molecule has 168 valence electrons. The number of carbonyl (C=O) groups is 1. The van der Waals surface area contributed by atoms with Gasteiger partial charge in [0.25, 0.3) is 0 Å². The van der Waals surface area contributed by atoms with Crippen LogP contribution in [0.3, 0.4) is 0 Å². The molecule has 1 amide bonds. The molecular formula is C20H37IN4O3S. The Balaban J connectivity index is 0.00000784. The first-order chi connectivity index (χ1) is 12.9. The minimum absolute atomic E-state index is 0. The average Bonchev–Trinajstić information content (AvgIpc) is 3.11. The SMILES string of the molecule is CCNC(=NCC(C)(O)c1cccs1)NCC(C)CN(C)C(=O)OC(C)(C)C.I. The molecule has 7 nitrogen and oxygen atoms in total. The molecule has 0 aromatic carbocycles. The van der Waals surface area contributed by atoms with Gasteiger partial charge in [-0.15, -0.1) is 35.3 Å². The number of nitrogens with zero attached hydrogens (tertiary/aromatic N) is 2. The van der Waals surface area contributed by atoms with Gasteiger partial charge in [-0.25, -0.2) is 9.79 Å². The van der Waals surface area contributed by atoms with Gasteiger partial charge < -0.3 is 25.4 Å². The van der Waals surface area contributed by atoms with Gasteiger partial charge in [-0.2, -0.15) is 0 Å². The fraction of sp³-hybridized carbons (Fsp3) is 0.700. The predicted octanol–water partition coefficient (Wildman–Crippen LogP) is 3.63. The average molecular weight is 541 g/mol. The van der Waals surface area contributed by atoms with Crippen LogP contribution < -0.4 is 10.6 Å². The number of guanidine groups is 1. The Morgan fingerprint density at radius 3 is 2.52 bits per heavy atom. The van der Waals surface area contributed by atoms with Gasteiger partial charge in [0.2, 0.25) is 0 Å². The van der Waals surface area contributed by atoms with Crippen LogP contribution in [-0.4, -0.2) is 60.9 Å². The van der Waals surface area contributed by atoms with Gasteiger partial charge in [0, 0.05) is 31.6 Å². The minimum atomic E-state index is -1.00. The molecule has 0 spiro atoms. The number of carbonyl (C=O) groups excluding carboxylic acids is 1. The van der Waals surface area contributed by atoms with Crippen molar-refractivity contribution in [3.05, 3.63) is 22.4 Å². The van der Waals surface area contributed by atoms with E-state index in [2.05, 4.69) is 22.5 Å². The van der Waals surface area contributed by atoms with E-state index in [9.17, 15) is 9.90 Å². The van der Waals surface area contributed by atoms with Gasteiger partial charge in [0.05, 0.1) is 6.54 Å². The zero-order valence-corrected chi connectivity index (χ0v) is 21.8. The molecule has 0 saturated heterocycles. The molecule has 0 radical (unpaired) electrons. The van der Waals surface area contributed by atoms with Crippen LogP contribution in [0.15, 0.2) is 22.5 Å². The van der Waals surface area contributed by atoms with Crippen molar-refractivity contribution in [1.29, 1.82) is 0 Å². The lowest BCUT2D eigenvalue weighted by atomic mass is 10.1. The summed E-state index contributed by atoms with van der Waals surface area (Å²) >= 11 is 1.52. The number of halogens is 1. The first-order valence-electron chi connectivity index (χ1n) is 9.67. The number of amides is 1. The Morgan fingerprint density at radius 2 is 2.00 bits per heavy atom. The zero-order chi connectivity index (χ0) is 21.4. The van der Waals surface area contributed by atoms with Crippen molar-refractivity contribution in [2.45, 2.75) is 52.7 Å². The minimum Gasteiger partial charge on any atom is -0.444 e. The third-order valence-electron chi connectivity index (χ3n) is 3.85. The smallest absolute Gasteiger partial charge is 0.410 e. The molecule has 1 aromatic heterocycles. The molecule has 0 fully saturated rings. The van der Waals surface area contributed by atoms with Crippen LogP contribution in [0.5, 0.6) is 0 Å². The summed E-state index contributed by atoms with van der Waals surface area (Å²) in [6.45, 7) is 13.6. The van der Waals surface area contributed by atoms with Gasteiger partial charge in [-0.05, 0) is 52.0 Å². The summed E-state index contributed by atoms with van der Waals surface area (Å²) < 4.78 is 5.38. The van der Waals surface area contributed by atoms with Crippen molar-refractivity contribution < 1.29 is 14.6 Å². The number of hydrogen-bond acceptors (Lipinski definition) is 5. The summed E-state index contributed by atoms with van der Waals surface area (Å²) in [5.41, 5.74) is -1.50. The normalized spacial score (nSPS) is 15.0. The van der Waals surface area contributed by atoms with E-state index < -0.39 is 11.2 Å². The molecule has 1 aromatic rings. The van der Waals surface area contributed by atoms with Crippen LogP contribution in [0.1, 0.15) is 46.4 Å². The number of ether oxygens (including phenoxy) is 1. The van der Waals surface area contributed by atoms with Crippen LogP contribution in [0.25, 0.3) is 0 Å². The third kappa shape index (κ3) is 11.0. The molecule has 0 aliphatic rings. The Labute approximate surface area is 196 Å². The van der Waals surface area contributed by atoms with E-state index in [1.165, 1.54) is 11.3 Å². The van der Waals surface area contributed by atoms with Crippen molar-refractivity contribution in [2.75, 3.05) is 33.2 Å². The van der Waals surface area contributed by atoms with E-state index in [0.29, 0.717) is 19.0 Å². The first-order valence-corrected chi connectivity index (χ1v) is 10.5. The molecule has 0 saturated carbocycles. The number of hydrogen-bond donors (Lipinski definition) is 3. The molecule has 3 N–H and O–H groups in total. The Hall–Kier alpha value is -1.07. The van der Waals surface area contributed by atoms with Crippen molar-refractivity contribution in [1.82, 2.24) is 15.5 Å². The molecule has 1 heterocycles. The molecule has 29 heavy (non-hydrogen) atoms. The summed E-state index contributed by atoms with van der Waals surface area (Å²) in [4.78, 5) is 19.1. The number of aliphatic imine (C=N–C) groups is 1. The maximum Gasteiger partial charge on any atom is 0.410 e. The maximum absolute atomic E-state index is 12.1. The van der Waals surface area contributed by atoms with Crippen molar-refractivity contribution in [3.8, 4) is 0 Å². The number of thiophene rings is 1. The van der Waals surface area contributed by atoms with Crippen molar-refractivity contribution in [3.63, 3.8) is 0 Å². The topological polar surface area (TPSA) is 86.2 Å². The summed E-state index contributed by atoms with van der Waals surface area (Å²) in [7, 11) is 1.74. The van der Waals surface area contributed by atoms with Crippen molar-refractivity contribution >= 4 is 47.4 Å². The second-order valence-electron chi connectivity index (χ2n) is 8.29. The van der Waals surface area contributed by atoms with E-state index >= 15 is 0 Å². The molecule has 9 heteroatoms. The number of nitrogens with one attached hydrogen (secondary N) is 2. The fourth-order valence-electron chi connectivity index (χ4n) is 2.46. The highest BCUT2D eigenvalue weighted by molar-refractivity contribution is 14.0. The van der Waals surface area contributed by atoms with Gasteiger partial charge in [-0.3, -0.25) is 0 Å². The summed E-state index contributed by atoms with van der Waals surface area (Å²) in [5, 5.41) is 19.0. The van der Waals surface area contributed by atoms with E-state index in [0.717, 1.165) is 11.4 Å². The lowest BCUT2D eigenvalue weighted by Crippen LogP contribution is -2.43. The Morgan fingerprint density at radius 1 is 1.34 bits per heavy atom. The van der Waals surface area contributed by atoms with E-state index in [-0.39, 0.29) is 42.5 Å². The molecule has 0 aliphatic carbocycles. The van der Waals surface area contributed by atoms with Crippen molar-refractivity contribution in [2.24, 2.45) is 10.9 Å². The van der Waals surface area contributed by atoms with Crippen LogP contribution in [0.2, 0.25) is 0 Å². The second kappa shape index (κ2) is 12.6. The monoisotopic (exact) mass is 540 g/mol. The largest absolute Gasteiger partial charge is 0.444 e. The van der Waals surface area contributed by atoms with Crippen LogP contribution >= 0.6 is 35.3 Å². The lowest BCUT2D eigenvalue weighted by molar-refractivity contribution is 0.0277.